The summed E-state index contributed by atoms with van der Waals surface area (Å²) in [6, 6.07) is 0. The maximum Gasteiger partial charge on any atom is 0.255 e. The summed E-state index contributed by atoms with van der Waals surface area (Å²) < 4.78 is 14.0. The van der Waals surface area contributed by atoms with E-state index in [1.165, 1.54) is 11.3 Å². The van der Waals surface area contributed by atoms with E-state index < -0.39 is 5.82 Å². The predicted molar refractivity (Wildman–Crippen MR) is 78.1 cm³/mol. The number of fused-ring (bicyclic) bond motifs is 2. The van der Waals surface area contributed by atoms with Crippen molar-refractivity contribution >= 4 is 28.8 Å². The van der Waals surface area contributed by atoms with Gasteiger partial charge in [-0.25, -0.2) is 14.4 Å². The first-order valence-corrected chi connectivity index (χ1v) is 7.75. The molecule has 0 radical (unpaired) electrons. The van der Waals surface area contributed by atoms with Crippen LogP contribution in [0, 0.1) is 12.7 Å². The second-order valence-corrected chi connectivity index (χ2v) is 6.85. The van der Waals surface area contributed by atoms with Crippen molar-refractivity contribution in [1.29, 1.82) is 0 Å². The van der Waals surface area contributed by atoms with Crippen LogP contribution in [0.2, 0.25) is 5.28 Å². The molecular formula is C14H11ClFN3OS. The third kappa shape index (κ3) is 1.57. The molecule has 1 aliphatic heterocycles. The van der Waals surface area contributed by atoms with E-state index in [9.17, 15) is 9.18 Å². The van der Waals surface area contributed by atoms with Gasteiger partial charge in [-0.05, 0) is 36.9 Å². The lowest BCUT2D eigenvalue weighted by atomic mass is 10.1. The number of carbonyl (C=O) groups is 1. The van der Waals surface area contributed by atoms with Gasteiger partial charge < -0.3 is 4.90 Å². The van der Waals surface area contributed by atoms with Gasteiger partial charge in [0.05, 0.1) is 22.2 Å². The summed E-state index contributed by atoms with van der Waals surface area (Å²) in [5.41, 5.74) is 1.51. The highest BCUT2D eigenvalue weighted by Gasteiger charge is 2.58. The molecule has 2 aromatic rings. The molecule has 1 fully saturated rings. The number of thiophene rings is 1. The fourth-order valence-corrected chi connectivity index (χ4v) is 4.73. The van der Waals surface area contributed by atoms with Gasteiger partial charge in [-0.3, -0.25) is 4.79 Å². The Morgan fingerprint density at radius 3 is 2.86 bits per heavy atom. The van der Waals surface area contributed by atoms with Crippen molar-refractivity contribution in [3.05, 3.63) is 33.3 Å². The van der Waals surface area contributed by atoms with E-state index in [0.29, 0.717) is 10.4 Å². The Morgan fingerprint density at radius 1 is 1.48 bits per heavy atom. The zero-order valence-electron chi connectivity index (χ0n) is 11.4. The third-order valence-electron chi connectivity index (χ3n) is 4.38. The van der Waals surface area contributed by atoms with Gasteiger partial charge in [-0.1, -0.05) is 0 Å². The van der Waals surface area contributed by atoms with Gasteiger partial charge >= 0.3 is 0 Å². The molecule has 2 aromatic heterocycles. The first kappa shape index (κ1) is 13.2. The normalized spacial score (nSPS) is 18.5. The van der Waals surface area contributed by atoms with Gasteiger partial charge in [0, 0.05) is 11.9 Å². The average Bonchev–Trinajstić information content (AvgIpc) is 3.15. The number of aromatic nitrogens is 2. The highest BCUT2D eigenvalue weighted by molar-refractivity contribution is 7.16. The standard InChI is InChI=1S/C14H11ClFN3OS/c1-6-8-11(14(3-4-14)19(2)12(8)20)21-10(6)9-7(16)5-17-13(15)18-9/h5H,3-4H2,1-2H3. The molecule has 0 aromatic carbocycles. The molecule has 0 atom stereocenters. The summed E-state index contributed by atoms with van der Waals surface area (Å²) in [5.74, 6) is -0.504. The molecule has 108 valence electrons. The lowest BCUT2D eigenvalue weighted by Gasteiger charge is -2.19. The maximum atomic E-state index is 14.0. The lowest BCUT2D eigenvalue weighted by molar-refractivity contribution is 0.0755. The number of halogens is 2. The van der Waals surface area contributed by atoms with Crippen LogP contribution in [0.25, 0.3) is 10.6 Å². The topological polar surface area (TPSA) is 46.1 Å². The number of amides is 1. The van der Waals surface area contributed by atoms with Crippen LogP contribution in [-0.2, 0) is 5.54 Å². The molecule has 1 saturated carbocycles. The lowest BCUT2D eigenvalue weighted by Crippen LogP contribution is -2.29. The first-order chi connectivity index (χ1) is 9.95. The van der Waals surface area contributed by atoms with Gasteiger partial charge in [-0.2, -0.15) is 0 Å². The number of carbonyl (C=O) groups excluding carboxylic acids is 1. The molecule has 3 heterocycles. The van der Waals surface area contributed by atoms with Crippen molar-refractivity contribution in [2.24, 2.45) is 0 Å². The van der Waals surface area contributed by atoms with Gasteiger partial charge in [0.1, 0.15) is 5.69 Å². The molecular weight excluding hydrogens is 313 g/mol. The van der Waals surface area contributed by atoms with Gasteiger partial charge in [0.15, 0.2) is 5.82 Å². The molecule has 1 aliphatic carbocycles. The van der Waals surface area contributed by atoms with Crippen LogP contribution in [0.15, 0.2) is 6.20 Å². The van der Waals surface area contributed by atoms with Crippen LogP contribution >= 0.6 is 22.9 Å². The number of hydrogen-bond acceptors (Lipinski definition) is 4. The van der Waals surface area contributed by atoms with Crippen molar-refractivity contribution in [3.8, 4) is 10.6 Å². The maximum absolute atomic E-state index is 14.0. The van der Waals surface area contributed by atoms with E-state index in [2.05, 4.69) is 9.97 Å². The Labute approximate surface area is 129 Å². The van der Waals surface area contributed by atoms with Crippen LogP contribution < -0.4 is 0 Å². The minimum Gasteiger partial charge on any atom is -0.331 e. The quantitative estimate of drug-likeness (QED) is 0.756. The van der Waals surface area contributed by atoms with Gasteiger partial charge in [-0.15, -0.1) is 11.3 Å². The summed E-state index contributed by atoms with van der Waals surface area (Å²) in [5, 5.41) is 0.00365. The fraction of sp³-hybridized carbons (Fsp3) is 0.357. The summed E-state index contributed by atoms with van der Waals surface area (Å²) in [6.07, 6.45) is 3.00. The molecule has 4 rings (SSSR count). The summed E-state index contributed by atoms with van der Waals surface area (Å²) >= 11 is 7.22. The van der Waals surface area contributed by atoms with Crippen molar-refractivity contribution in [2.75, 3.05) is 7.05 Å². The van der Waals surface area contributed by atoms with E-state index in [-0.39, 0.29) is 22.4 Å². The fourth-order valence-electron chi connectivity index (χ4n) is 3.02. The zero-order valence-corrected chi connectivity index (χ0v) is 13.0. The van der Waals surface area contributed by atoms with E-state index in [0.717, 1.165) is 29.5 Å². The Hall–Kier alpha value is -1.53. The highest BCUT2D eigenvalue weighted by Crippen LogP contribution is 2.60. The number of rotatable bonds is 1. The SMILES string of the molecule is Cc1c(-c2nc(Cl)ncc2F)sc2c1C(=O)N(C)C21CC1. The van der Waals surface area contributed by atoms with E-state index in [4.69, 9.17) is 11.6 Å². The molecule has 0 unspecified atom stereocenters. The second kappa shape index (κ2) is 4.01. The molecule has 0 bridgehead atoms. The van der Waals surface area contributed by atoms with Crippen LogP contribution in [0.4, 0.5) is 4.39 Å². The monoisotopic (exact) mass is 323 g/mol. The minimum absolute atomic E-state index is 0.00365. The molecule has 7 heteroatoms. The largest absolute Gasteiger partial charge is 0.331 e. The molecule has 0 N–H and O–H groups in total. The van der Waals surface area contributed by atoms with Crippen LogP contribution in [0.3, 0.4) is 0 Å². The molecule has 1 amide bonds. The van der Waals surface area contributed by atoms with Crippen LogP contribution in [0.5, 0.6) is 0 Å². The Balaban J connectivity index is 1.95. The highest BCUT2D eigenvalue weighted by atomic mass is 35.5. The second-order valence-electron chi connectivity index (χ2n) is 5.49. The molecule has 2 aliphatic rings. The third-order valence-corrected chi connectivity index (χ3v) is 6.06. The van der Waals surface area contributed by atoms with Gasteiger partial charge in [0.25, 0.3) is 5.91 Å². The minimum atomic E-state index is -0.520. The Bertz CT molecular complexity index is 800. The summed E-state index contributed by atoms with van der Waals surface area (Å²) in [6.45, 7) is 1.84. The predicted octanol–water partition coefficient (Wildman–Crippen LogP) is 3.38. The molecule has 1 spiro atoms. The smallest absolute Gasteiger partial charge is 0.255 e. The number of hydrogen-bond donors (Lipinski definition) is 0. The van der Waals surface area contributed by atoms with Crippen molar-refractivity contribution < 1.29 is 9.18 Å². The van der Waals surface area contributed by atoms with E-state index in [1.54, 1.807) is 0 Å². The Morgan fingerprint density at radius 2 is 2.19 bits per heavy atom. The van der Waals surface area contributed by atoms with E-state index >= 15 is 0 Å². The summed E-state index contributed by atoms with van der Waals surface area (Å²) in [7, 11) is 1.84. The zero-order chi connectivity index (χ0) is 14.9. The van der Waals surface area contributed by atoms with Crippen molar-refractivity contribution in [2.45, 2.75) is 25.3 Å². The van der Waals surface area contributed by atoms with E-state index in [1.807, 2.05) is 18.9 Å². The first-order valence-electron chi connectivity index (χ1n) is 6.56. The van der Waals surface area contributed by atoms with Crippen molar-refractivity contribution in [1.82, 2.24) is 14.9 Å². The van der Waals surface area contributed by atoms with Gasteiger partial charge in [0.2, 0.25) is 5.28 Å². The average molecular weight is 324 g/mol. The molecule has 0 saturated heterocycles. The Kier molecular flexibility index (Phi) is 2.52. The van der Waals surface area contributed by atoms with Crippen molar-refractivity contribution in [3.63, 3.8) is 0 Å². The summed E-state index contributed by atoms with van der Waals surface area (Å²) in [4.78, 5) is 23.6. The molecule has 4 nitrogen and oxygen atoms in total. The molecule has 21 heavy (non-hydrogen) atoms. The van der Waals surface area contributed by atoms with Crippen LogP contribution in [-0.4, -0.2) is 27.8 Å². The van der Waals surface area contributed by atoms with Crippen LogP contribution in [0.1, 0.15) is 33.6 Å². The number of nitrogens with zero attached hydrogens (tertiary/aromatic N) is 3.